The summed E-state index contributed by atoms with van der Waals surface area (Å²) in [6.45, 7) is 1.70. The van der Waals surface area contributed by atoms with Crippen LogP contribution in [0.1, 0.15) is 6.92 Å². The molecule has 5 nitrogen and oxygen atoms in total. The van der Waals surface area contributed by atoms with Gasteiger partial charge in [0.05, 0.1) is 18.7 Å². The molecule has 0 saturated heterocycles. The zero-order valence-electron chi connectivity index (χ0n) is 8.98. The Balaban J connectivity index is 3.17. The van der Waals surface area contributed by atoms with Crippen LogP contribution in [0, 0.1) is 0 Å². The Bertz CT molecular complexity index is 334. The number of nitrogens with two attached hydrogens (primary N) is 1. The lowest BCUT2D eigenvalue weighted by Crippen LogP contribution is -2.52. The molecule has 15 heavy (non-hydrogen) atoms. The molecular formula is C10H15NO4. The molecule has 0 saturated carbocycles. The van der Waals surface area contributed by atoms with E-state index in [1.54, 1.807) is 13.0 Å². The van der Waals surface area contributed by atoms with Gasteiger partial charge in [-0.2, -0.15) is 0 Å². The molecule has 1 aliphatic rings. The van der Waals surface area contributed by atoms with E-state index in [0.717, 1.165) is 0 Å². The zero-order chi connectivity index (χ0) is 11.6. The van der Waals surface area contributed by atoms with E-state index < -0.39 is 17.6 Å². The second-order valence-corrected chi connectivity index (χ2v) is 3.45. The van der Waals surface area contributed by atoms with Crippen LogP contribution in [0.3, 0.4) is 0 Å². The van der Waals surface area contributed by atoms with E-state index >= 15 is 0 Å². The third-order valence-electron chi connectivity index (χ3n) is 2.72. The van der Waals surface area contributed by atoms with Crippen LogP contribution in [-0.4, -0.2) is 36.9 Å². The maximum absolute atomic E-state index is 10.9. The molecule has 0 aromatic heterocycles. The number of methoxy groups -OCH3 is 2. The molecule has 0 amide bonds. The highest BCUT2D eigenvalue weighted by Gasteiger charge is 2.43. The summed E-state index contributed by atoms with van der Waals surface area (Å²) in [5.41, 5.74) is 5.02. The second kappa shape index (κ2) is 4.04. The summed E-state index contributed by atoms with van der Waals surface area (Å²) in [7, 11) is 2.97. The molecule has 2 unspecified atom stereocenters. The first-order chi connectivity index (χ1) is 6.97. The maximum Gasteiger partial charge on any atom is 0.333 e. The third kappa shape index (κ3) is 1.75. The molecule has 0 fully saturated rings. The average Bonchev–Trinajstić information content (AvgIpc) is 2.21. The number of hydrogen-bond acceptors (Lipinski definition) is 4. The average molecular weight is 213 g/mol. The summed E-state index contributed by atoms with van der Waals surface area (Å²) in [6, 6.07) is -0.750. The Hall–Kier alpha value is -1.33. The molecule has 0 aromatic carbocycles. The van der Waals surface area contributed by atoms with Crippen molar-refractivity contribution in [1.82, 2.24) is 0 Å². The lowest BCUT2D eigenvalue weighted by molar-refractivity contribution is -0.134. The minimum atomic E-state index is -1.04. The minimum Gasteiger partial charge on any atom is -0.498 e. The molecule has 0 bridgehead atoms. The van der Waals surface area contributed by atoms with Gasteiger partial charge in [-0.15, -0.1) is 0 Å². The van der Waals surface area contributed by atoms with Crippen molar-refractivity contribution in [2.24, 2.45) is 5.73 Å². The van der Waals surface area contributed by atoms with Gasteiger partial charge in [-0.05, 0) is 19.1 Å². The van der Waals surface area contributed by atoms with Crippen LogP contribution in [0.2, 0.25) is 0 Å². The molecule has 5 heteroatoms. The highest BCUT2D eigenvalue weighted by molar-refractivity contribution is 5.89. The molecule has 2 atom stereocenters. The van der Waals surface area contributed by atoms with Crippen molar-refractivity contribution in [2.75, 3.05) is 14.2 Å². The van der Waals surface area contributed by atoms with Crippen molar-refractivity contribution in [2.45, 2.75) is 18.6 Å². The fourth-order valence-corrected chi connectivity index (χ4v) is 1.59. The molecule has 0 aromatic rings. The van der Waals surface area contributed by atoms with Crippen molar-refractivity contribution < 1.29 is 19.4 Å². The standard InChI is InChI=1S/C10H15NO4/c1-10(15-3)7(14-2)5-4-6(8(10)11)9(12)13/h4-5,8H,11H2,1-3H3,(H,12,13). The maximum atomic E-state index is 10.9. The smallest absolute Gasteiger partial charge is 0.333 e. The van der Waals surface area contributed by atoms with E-state index in [-0.39, 0.29) is 5.57 Å². The number of allylic oxidation sites excluding steroid dienone is 2. The van der Waals surface area contributed by atoms with Crippen LogP contribution < -0.4 is 5.73 Å². The molecule has 84 valence electrons. The second-order valence-electron chi connectivity index (χ2n) is 3.45. The minimum absolute atomic E-state index is 0.111. The van der Waals surface area contributed by atoms with Gasteiger partial charge >= 0.3 is 5.97 Å². The largest absolute Gasteiger partial charge is 0.498 e. The van der Waals surface area contributed by atoms with E-state index in [2.05, 4.69) is 0 Å². The molecule has 3 N–H and O–H groups in total. The van der Waals surface area contributed by atoms with Gasteiger partial charge in [-0.25, -0.2) is 4.79 Å². The predicted octanol–water partition coefficient (Wildman–Crippen LogP) is 0.274. The lowest BCUT2D eigenvalue weighted by Gasteiger charge is -2.37. The van der Waals surface area contributed by atoms with E-state index in [4.69, 9.17) is 20.3 Å². The van der Waals surface area contributed by atoms with Crippen molar-refractivity contribution in [3.8, 4) is 0 Å². The highest BCUT2D eigenvalue weighted by atomic mass is 16.5. The van der Waals surface area contributed by atoms with Gasteiger partial charge in [0.2, 0.25) is 0 Å². The van der Waals surface area contributed by atoms with E-state index in [1.807, 2.05) is 0 Å². The van der Waals surface area contributed by atoms with Crippen LogP contribution >= 0.6 is 0 Å². The Morgan fingerprint density at radius 1 is 1.53 bits per heavy atom. The van der Waals surface area contributed by atoms with Gasteiger partial charge in [-0.1, -0.05) is 0 Å². The van der Waals surface area contributed by atoms with Crippen molar-refractivity contribution in [1.29, 1.82) is 0 Å². The Morgan fingerprint density at radius 3 is 2.53 bits per heavy atom. The number of carbonyl (C=O) groups is 1. The number of ether oxygens (including phenoxy) is 2. The van der Waals surface area contributed by atoms with Crippen molar-refractivity contribution in [3.63, 3.8) is 0 Å². The highest BCUT2D eigenvalue weighted by Crippen LogP contribution is 2.31. The number of aliphatic carboxylic acids is 1. The first-order valence-corrected chi connectivity index (χ1v) is 4.47. The summed E-state index contributed by atoms with van der Waals surface area (Å²) in [5.74, 6) is -0.528. The Kier molecular flexibility index (Phi) is 3.16. The molecule has 0 radical (unpaired) electrons. The van der Waals surface area contributed by atoms with E-state index in [0.29, 0.717) is 5.76 Å². The zero-order valence-corrected chi connectivity index (χ0v) is 8.98. The molecule has 1 rings (SSSR count). The summed E-state index contributed by atoms with van der Waals surface area (Å²) in [6.07, 6.45) is 3.00. The van der Waals surface area contributed by atoms with Crippen molar-refractivity contribution >= 4 is 5.97 Å². The predicted molar refractivity (Wildman–Crippen MR) is 54.2 cm³/mol. The third-order valence-corrected chi connectivity index (χ3v) is 2.72. The number of hydrogen-bond donors (Lipinski definition) is 2. The first-order valence-electron chi connectivity index (χ1n) is 4.47. The monoisotopic (exact) mass is 213 g/mol. The summed E-state index contributed by atoms with van der Waals surface area (Å²) in [5, 5.41) is 8.92. The fraction of sp³-hybridized carbons (Fsp3) is 0.500. The Morgan fingerprint density at radius 2 is 2.13 bits per heavy atom. The Labute approximate surface area is 88.2 Å². The molecule has 0 spiro atoms. The lowest BCUT2D eigenvalue weighted by atomic mass is 9.84. The normalized spacial score (nSPS) is 30.5. The first kappa shape index (κ1) is 11.7. The summed E-state index contributed by atoms with van der Waals surface area (Å²) >= 11 is 0. The van der Waals surface area contributed by atoms with Gasteiger partial charge in [0, 0.05) is 7.11 Å². The van der Waals surface area contributed by atoms with Crippen LogP contribution in [0.4, 0.5) is 0 Å². The summed E-state index contributed by atoms with van der Waals surface area (Å²) < 4.78 is 10.4. The fourth-order valence-electron chi connectivity index (χ4n) is 1.59. The summed E-state index contributed by atoms with van der Waals surface area (Å²) in [4.78, 5) is 10.9. The molecule has 0 aliphatic heterocycles. The molecule has 0 heterocycles. The van der Waals surface area contributed by atoms with Gasteiger partial charge in [-0.3, -0.25) is 0 Å². The van der Waals surface area contributed by atoms with E-state index in [9.17, 15) is 4.79 Å². The van der Waals surface area contributed by atoms with Crippen molar-refractivity contribution in [3.05, 3.63) is 23.5 Å². The number of carboxylic acids is 1. The number of rotatable bonds is 3. The quantitative estimate of drug-likeness (QED) is 0.703. The van der Waals surface area contributed by atoms with Gasteiger partial charge in [0.25, 0.3) is 0 Å². The number of carboxylic acid groups (broad SMARTS) is 1. The SMILES string of the molecule is COC1=CC=C(C(=O)O)C(N)C1(C)OC. The van der Waals surface area contributed by atoms with Gasteiger partial charge in [0.15, 0.2) is 0 Å². The van der Waals surface area contributed by atoms with Crippen LogP contribution in [-0.2, 0) is 14.3 Å². The van der Waals surface area contributed by atoms with Crippen LogP contribution in [0.15, 0.2) is 23.5 Å². The molecule has 1 aliphatic carbocycles. The van der Waals surface area contributed by atoms with E-state index in [1.165, 1.54) is 20.3 Å². The van der Waals surface area contributed by atoms with Gasteiger partial charge < -0.3 is 20.3 Å². The van der Waals surface area contributed by atoms with Crippen LogP contribution in [0.25, 0.3) is 0 Å². The topological polar surface area (TPSA) is 81.8 Å². The molecular weight excluding hydrogens is 198 g/mol. The van der Waals surface area contributed by atoms with Gasteiger partial charge in [0.1, 0.15) is 11.4 Å². The van der Waals surface area contributed by atoms with Crippen LogP contribution in [0.5, 0.6) is 0 Å².